The van der Waals surface area contributed by atoms with Gasteiger partial charge in [0, 0.05) is 0 Å². The molecular weight excluding hydrogens is 220 g/mol. The number of aromatic amines is 1. The number of hydrogen-bond acceptors (Lipinski definition) is 5. The van der Waals surface area contributed by atoms with E-state index >= 15 is 0 Å². The van der Waals surface area contributed by atoms with Crippen LogP contribution in [0.15, 0.2) is 0 Å². The van der Waals surface area contributed by atoms with Crippen molar-refractivity contribution in [3.05, 3.63) is 5.82 Å². The van der Waals surface area contributed by atoms with Crippen LogP contribution >= 0.6 is 0 Å². The first kappa shape index (κ1) is 11.5. The van der Waals surface area contributed by atoms with E-state index in [9.17, 15) is 4.79 Å². The number of carbonyl (C=O) groups excluding carboxylic acids is 1. The van der Waals surface area contributed by atoms with Crippen molar-refractivity contribution in [2.45, 2.75) is 32.7 Å². The molecule has 1 aromatic rings. The smallest absolute Gasteiger partial charge is 0.241 e. The molecule has 1 fully saturated rings. The summed E-state index contributed by atoms with van der Waals surface area (Å²) < 4.78 is 0. The highest BCUT2D eigenvalue weighted by molar-refractivity contribution is 5.86. The second-order valence-corrected chi connectivity index (χ2v) is 4.67. The third kappa shape index (κ3) is 1.98. The number of hydrogen-bond donors (Lipinski definition) is 2. The third-order valence-electron chi connectivity index (χ3n) is 3.14. The summed E-state index contributed by atoms with van der Waals surface area (Å²) in [5.74, 6) is 0.607. The number of nitriles is 1. The predicted octanol–water partition coefficient (Wildman–Crippen LogP) is 0.317. The van der Waals surface area contributed by atoms with E-state index < -0.39 is 5.41 Å². The zero-order chi connectivity index (χ0) is 12.5. The van der Waals surface area contributed by atoms with E-state index in [2.05, 4.69) is 32.0 Å². The minimum absolute atomic E-state index is 0.240. The zero-order valence-electron chi connectivity index (χ0n) is 9.77. The fourth-order valence-electron chi connectivity index (χ4n) is 2.21. The van der Waals surface area contributed by atoms with Gasteiger partial charge in [-0.25, -0.2) is 0 Å². The van der Waals surface area contributed by atoms with Gasteiger partial charge in [0.2, 0.25) is 5.91 Å². The molecule has 17 heavy (non-hydrogen) atoms. The minimum Gasteiger partial charge on any atom is -0.345 e. The number of H-pyrrole nitrogens is 1. The Morgan fingerprint density at radius 2 is 2.41 bits per heavy atom. The summed E-state index contributed by atoms with van der Waals surface area (Å²) in [6, 6.07) is 1.77. The number of nitrogens with one attached hydrogen (secondary N) is 2. The Hall–Kier alpha value is -1.97. The molecule has 0 saturated heterocycles. The first-order valence-corrected chi connectivity index (χ1v) is 5.53. The van der Waals surface area contributed by atoms with E-state index in [1.165, 1.54) is 0 Å². The van der Waals surface area contributed by atoms with E-state index in [1.54, 1.807) is 6.92 Å². The zero-order valence-corrected chi connectivity index (χ0v) is 9.77. The van der Waals surface area contributed by atoms with Gasteiger partial charge in [-0.2, -0.15) is 10.5 Å². The molecular formula is C10H14N6O. The monoisotopic (exact) mass is 234 g/mol. The molecule has 2 N–H and O–H groups in total. The molecule has 1 heterocycles. The van der Waals surface area contributed by atoms with Crippen LogP contribution < -0.4 is 5.32 Å². The van der Waals surface area contributed by atoms with Gasteiger partial charge in [-0.3, -0.25) is 4.79 Å². The van der Waals surface area contributed by atoms with Gasteiger partial charge in [-0.05, 0) is 25.7 Å². The Morgan fingerprint density at radius 3 is 2.88 bits per heavy atom. The highest BCUT2D eigenvalue weighted by Crippen LogP contribution is 2.45. The molecule has 1 saturated carbocycles. The maximum atomic E-state index is 12.0. The Balaban J connectivity index is 2.00. The van der Waals surface area contributed by atoms with Crippen molar-refractivity contribution in [3.8, 4) is 6.07 Å². The average Bonchev–Trinajstić information content (AvgIpc) is 2.77. The standard InChI is InChI=1S/C10H14N6O/c1-6-3-10(4-6,5-11)9(17)12-7(2)8-13-15-16-14-8/h6-7H,3-4H2,1-2H3,(H,12,17)(H,13,14,15,16). The van der Waals surface area contributed by atoms with Gasteiger partial charge in [0.15, 0.2) is 5.82 Å². The van der Waals surface area contributed by atoms with E-state index in [4.69, 9.17) is 5.26 Å². The van der Waals surface area contributed by atoms with Gasteiger partial charge >= 0.3 is 0 Å². The molecule has 0 spiro atoms. The summed E-state index contributed by atoms with van der Waals surface area (Å²) in [7, 11) is 0. The number of aromatic nitrogens is 4. The summed E-state index contributed by atoms with van der Waals surface area (Å²) in [4.78, 5) is 12.0. The lowest BCUT2D eigenvalue weighted by molar-refractivity contribution is -0.134. The summed E-state index contributed by atoms with van der Waals surface area (Å²) in [6.07, 6.45) is 1.24. The largest absolute Gasteiger partial charge is 0.345 e. The summed E-state index contributed by atoms with van der Waals surface area (Å²) >= 11 is 0. The van der Waals surface area contributed by atoms with E-state index in [0.717, 1.165) is 0 Å². The molecule has 2 rings (SSSR count). The van der Waals surface area contributed by atoms with Gasteiger partial charge < -0.3 is 5.32 Å². The normalized spacial score (nSPS) is 28.9. The molecule has 1 aromatic heterocycles. The van der Waals surface area contributed by atoms with Gasteiger partial charge in [0.1, 0.15) is 5.41 Å². The number of tetrazole rings is 1. The first-order chi connectivity index (χ1) is 8.07. The molecule has 1 aliphatic carbocycles. The van der Waals surface area contributed by atoms with Crippen molar-refractivity contribution in [2.24, 2.45) is 11.3 Å². The van der Waals surface area contributed by atoms with E-state index in [1.807, 2.05) is 6.92 Å². The van der Waals surface area contributed by atoms with Crippen LogP contribution in [-0.4, -0.2) is 26.5 Å². The summed E-state index contributed by atoms with van der Waals surface area (Å²) in [5, 5.41) is 25.2. The average molecular weight is 234 g/mol. The number of amides is 1. The van der Waals surface area contributed by atoms with Crippen LogP contribution in [0.4, 0.5) is 0 Å². The molecule has 7 nitrogen and oxygen atoms in total. The molecule has 0 bridgehead atoms. The highest BCUT2D eigenvalue weighted by atomic mass is 16.2. The molecule has 0 aromatic carbocycles. The van der Waals surface area contributed by atoms with Gasteiger partial charge in [-0.15, -0.1) is 10.2 Å². The predicted molar refractivity (Wildman–Crippen MR) is 57.2 cm³/mol. The molecule has 7 heteroatoms. The number of nitrogens with zero attached hydrogens (tertiary/aromatic N) is 4. The van der Waals surface area contributed by atoms with E-state index in [0.29, 0.717) is 24.6 Å². The molecule has 0 radical (unpaired) electrons. The fraction of sp³-hybridized carbons (Fsp3) is 0.700. The third-order valence-corrected chi connectivity index (χ3v) is 3.14. The van der Waals surface area contributed by atoms with Gasteiger partial charge in [0.05, 0.1) is 12.1 Å². The SMILES string of the molecule is CC1CC(C#N)(C(=O)NC(C)c2nn[nH]n2)C1. The number of carbonyl (C=O) groups is 1. The quantitative estimate of drug-likeness (QED) is 0.782. The topological polar surface area (TPSA) is 107 Å². The molecule has 1 unspecified atom stereocenters. The lowest BCUT2D eigenvalue weighted by Crippen LogP contribution is -2.48. The fourth-order valence-corrected chi connectivity index (χ4v) is 2.21. The lowest BCUT2D eigenvalue weighted by atomic mass is 9.63. The second kappa shape index (κ2) is 4.13. The minimum atomic E-state index is -0.864. The molecule has 1 atom stereocenters. The van der Waals surface area contributed by atoms with Crippen LogP contribution in [0.25, 0.3) is 0 Å². The van der Waals surface area contributed by atoms with Crippen LogP contribution in [-0.2, 0) is 4.79 Å². The van der Waals surface area contributed by atoms with Gasteiger partial charge in [0.25, 0.3) is 0 Å². The summed E-state index contributed by atoms with van der Waals surface area (Å²) in [6.45, 7) is 3.79. The van der Waals surface area contributed by atoms with Crippen molar-refractivity contribution in [2.75, 3.05) is 0 Å². The maximum Gasteiger partial charge on any atom is 0.241 e. The van der Waals surface area contributed by atoms with Crippen LogP contribution in [0.3, 0.4) is 0 Å². The van der Waals surface area contributed by atoms with Crippen molar-refractivity contribution < 1.29 is 4.79 Å². The van der Waals surface area contributed by atoms with Crippen LogP contribution in [0.2, 0.25) is 0 Å². The van der Waals surface area contributed by atoms with Crippen molar-refractivity contribution in [1.29, 1.82) is 5.26 Å². The number of rotatable bonds is 3. The molecule has 1 amide bonds. The lowest BCUT2D eigenvalue weighted by Gasteiger charge is -2.39. The maximum absolute atomic E-state index is 12.0. The van der Waals surface area contributed by atoms with Crippen molar-refractivity contribution in [3.63, 3.8) is 0 Å². The molecule has 1 aliphatic rings. The second-order valence-electron chi connectivity index (χ2n) is 4.67. The van der Waals surface area contributed by atoms with E-state index in [-0.39, 0.29) is 11.9 Å². The summed E-state index contributed by atoms with van der Waals surface area (Å²) in [5.41, 5.74) is -0.864. The van der Waals surface area contributed by atoms with Crippen LogP contribution in [0, 0.1) is 22.7 Å². The Bertz CT molecular complexity index is 442. The molecule has 90 valence electrons. The van der Waals surface area contributed by atoms with Crippen LogP contribution in [0.1, 0.15) is 38.6 Å². The Kier molecular flexibility index (Phi) is 2.79. The highest BCUT2D eigenvalue weighted by Gasteiger charge is 2.49. The molecule has 0 aliphatic heterocycles. The van der Waals surface area contributed by atoms with Crippen molar-refractivity contribution >= 4 is 5.91 Å². The Labute approximate surface area is 98.6 Å². The van der Waals surface area contributed by atoms with Crippen LogP contribution in [0.5, 0.6) is 0 Å². The Morgan fingerprint density at radius 1 is 1.71 bits per heavy atom. The van der Waals surface area contributed by atoms with Gasteiger partial charge in [-0.1, -0.05) is 12.1 Å². The first-order valence-electron chi connectivity index (χ1n) is 5.53. The van der Waals surface area contributed by atoms with Crippen molar-refractivity contribution in [1.82, 2.24) is 25.9 Å².